The zero-order valence-corrected chi connectivity index (χ0v) is 5.58. The summed E-state index contributed by atoms with van der Waals surface area (Å²) >= 11 is 0. The van der Waals surface area contributed by atoms with Crippen LogP contribution in [0.15, 0.2) is 0 Å². The molecule has 0 aliphatic carbocycles. The van der Waals surface area contributed by atoms with Gasteiger partial charge in [0.25, 0.3) is 0 Å². The van der Waals surface area contributed by atoms with Crippen LogP contribution in [0.25, 0.3) is 0 Å². The quantitative estimate of drug-likeness (QED) is 0.470. The first-order valence-corrected chi connectivity index (χ1v) is 2.84. The van der Waals surface area contributed by atoms with Crippen LogP contribution >= 0.6 is 8.69 Å². The Labute approximate surface area is 59.5 Å². The van der Waals surface area contributed by atoms with Crippen molar-refractivity contribution in [3.05, 3.63) is 0 Å². The fourth-order valence-corrected chi connectivity index (χ4v) is 0.341. The summed E-state index contributed by atoms with van der Waals surface area (Å²) in [5.41, 5.74) is 0. The third-order valence-corrected chi connectivity index (χ3v) is 0.744. The second-order valence-electron chi connectivity index (χ2n) is 1.16. The Morgan fingerprint density at radius 2 is 2.00 bits per heavy atom. The van der Waals surface area contributed by atoms with Crippen molar-refractivity contribution >= 4 is 34.8 Å². The van der Waals surface area contributed by atoms with E-state index >= 15 is 0 Å². The second kappa shape index (κ2) is 4.99. The van der Waals surface area contributed by atoms with E-state index in [1.165, 1.54) is 0 Å². The molecular weight excluding hydrogens is 157 g/mol. The first kappa shape index (κ1) is 9.17. The van der Waals surface area contributed by atoms with Crippen molar-refractivity contribution in [1.82, 2.24) is 0 Å². The Balaban J connectivity index is 3.39. The van der Waals surface area contributed by atoms with Gasteiger partial charge in [-0.25, -0.2) is 4.57 Å². The van der Waals surface area contributed by atoms with Gasteiger partial charge in [-0.15, -0.1) is 0 Å². The minimum absolute atomic E-state index is 0.591. The van der Waals surface area contributed by atoms with Crippen molar-refractivity contribution in [1.29, 1.82) is 0 Å². The number of carbonyl (C=O) groups is 2. The van der Waals surface area contributed by atoms with Gasteiger partial charge in [0, 0.05) is 0 Å². The molecule has 0 amide bonds. The third kappa shape index (κ3) is 5.31. The molecule has 5 nitrogen and oxygen atoms in total. The highest BCUT2D eigenvalue weighted by molar-refractivity contribution is 7.28. The molecule has 10 heavy (non-hydrogen) atoms. The molecule has 8 heteroatoms. The van der Waals surface area contributed by atoms with E-state index in [9.17, 15) is 14.2 Å². The molecule has 0 aromatic carbocycles. The average Bonchev–Trinajstić information content (AvgIpc) is 1.85. The van der Waals surface area contributed by atoms with Gasteiger partial charge in [0.15, 0.2) is 0 Å². The molecule has 0 atom stereocenters. The summed E-state index contributed by atoms with van der Waals surface area (Å²) in [5.74, 6) is -2.22. The van der Waals surface area contributed by atoms with Crippen molar-refractivity contribution in [3.63, 3.8) is 0 Å². The molecule has 0 bridgehead atoms. The molecule has 0 aliphatic heterocycles. The maximum Gasteiger partial charge on any atom is 0.397 e. The number of rotatable bonds is 4. The molecule has 2 radical (unpaired) electrons. The first-order chi connectivity index (χ1) is 4.66. The van der Waals surface area contributed by atoms with E-state index in [-0.39, 0.29) is 0 Å². The van der Waals surface area contributed by atoms with Crippen LogP contribution in [0.2, 0.25) is 0 Å². The van der Waals surface area contributed by atoms with Crippen LogP contribution in [-0.4, -0.2) is 31.2 Å². The monoisotopic (exact) mass is 158 g/mol. The minimum Gasteiger partial charge on any atom is -0.490 e. The third-order valence-electron chi connectivity index (χ3n) is 0.489. The summed E-state index contributed by atoms with van der Waals surface area (Å²) in [6.45, 7) is 0. The van der Waals surface area contributed by atoms with Crippen LogP contribution < -0.4 is 0 Å². The molecule has 0 heterocycles. The number of hydrogen-bond acceptors (Lipinski definition) is 4. The highest BCUT2D eigenvalue weighted by Crippen LogP contribution is 1.93. The minimum atomic E-state index is -1.26. The Morgan fingerprint density at radius 3 is 2.40 bits per heavy atom. The predicted octanol–water partition coefficient (Wildman–Crippen LogP) is 0.331. The van der Waals surface area contributed by atoms with E-state index in [1.807, 2.05) is 0 Å². The summed E-state index contributed by atoms with van der Waals surface area (Å²) in [4.78, 5) is 19.9. The summed E-state index contributed by atoms with van der Waals surface area (Å²) in [6, 6.07) is 0. The standard InChI is InChI=1S/C2HB2O5P/c5-1(6)3-4-2(7)9-10-8/h(H,5,6). The highest BCUT2D eigenvalue weighted by Gasteiger charge is 2.10. The lowest BCUT2D eigenvalue weighted by molar-refractivity contribution is 0.219. The normalized spacial score (nSPS) is 8.40. The summed E-state index contributed by atoms with van der Waals surface area (Å²) in [7, 11) is 0.458. The molecule has 1 N–H and O–H groups in total. The predicted molar refractivity (Wildman–Crippen MR) is 33.6 cm³/mol. The molecule has 0 unspecified atom stereocenters. The maximum atomic E-state index is 10.2. The van der Waals surface area contributed by atoms with Gasteiger partial charge in [-0.2, -0.15) is 0 Å². The molecule has 0 spiro atoms. The van der Waals surface area contributed by atoms with E-state index in [2.05, 4.69) is 4.52 Å². The van der Waals surface area contributed by atoms with Gasteiger partial charge in [-0.05, 0) is 0 Å². The number of hydrogen-bond donors (Lipinski definition) is 1. The van der Waals surface area contributed by atoms with E-state index in [0.717, 1.165) is 0 Å². The van der Waals surface area contributed by atoms with Crippen molar-refractivity contribution < 1.29 is 23.8 Å². The van der Waals surface area contributed by atoms with Crippen LogP contribution in [0.5, 0.6) is 0 Å². The smallest absolute Gasteiger partial charge is 0.397 e. The van der Waals surface area contributed by atoms with Gasteiger partial charge >= 0.3 is 8.69 Å². The largest absolute Gasteiger partial charge is 0.490 e. The molecule has 0 rings (SSSR count). The molecule has 0 aliphatic rings. The van der Waals surface area contributed by atoms with Crippen molar-refractivity contribution in [2.24, 2.45) is 0 Å². The molecule has 0 aromatic rings. The highest BCUT2D eigenvalue weighted by atomic mass is 31.1. The molecule has 0 fully saturated rings. The zero-order chi connectivity index (χ0) is 7.98. The van der Waals surface area contributed by atoms with Gasteiger partial charge in [0.2, 0.25) is 26.1 Å². The van der Waals surface area contributed by atoms with E-state index in [4.69, 9.17) is 5.11 Å². The fraction of sp³-hybridized carbons (Fsp3) is 0. The zero-order valence-electron chi connectivity index (χ0n) is 4.68. The lowest BCUT2D eigenvalue weighted by Gasteiger charge is -1.87. The Hall–Kier alpha value is -0.830. The molecular formula is C2HB2O5P. The van der Waals surface area contributed by atoms with E-state index < -0.39 is 20.4 Å². The van der Waals surface area contributed by atoms with Crippen molar-refractivity contribution in [2.75, 3.05) is 0 Å². The number of carboxylic acid groups (broad SMARTS) is 1. The molecule has 0 aromatic heterocycles. The molecule has 0 saturated heterocycles. The molecule has 50 valence electrons. The summed E-state index contributed by atoms with van der Waals surface area (Å²) in [5, 5.41) is 7.96. The van der Waals surface area contributed by atoms with Crippen molar-refractivity contribution in [3.8, 4) is 0 Å². The summed E-state index contributed by atoms with van der Waals surface area (Å²) < 4.78 is 13.4. The van der Waals surface area contributed by atoms with Crippen LogP contribution in [0.1, 0.15) is 0 Å². The maximum absolute atomic E-state index is 10.2. The fourth-order valence-electron chi connectivity index (χ4n) is 0.206. The van der Waals surface area contributed by atoms with Crippen molar-refractivity contribution in [2.45, 2.75) is 0 Å². The van der Waals surface area contributed by atoms with E-state index in [0.29, 0.717) is 14.3 Å². The summed E-state index contributed by atoms with van der Waals surface area (Å²) in [6.07, 6.45) is 0. The van der Waals surface area contributed by atoms with Gasteiger partial charge in [0.05, 0.1) is 0 Å². The van der Waals surface area contributed by atoms with Gasteiger partial charge in [-0.3, -0.25) is 9.59 Å². The van der Waals surface area contributed by atoms with Gasteiger partial charge in [-0.1, -0.05) is 0 Å². The van der Waals surface area contributed by atoms with E-state index in [1.54, 1.807) is 0 Å². The van der Waals surface area contributed by atoms with Crippen LogP contribution in [0.3, 0.4) is 0 Å². The number of carbonyl (C=O) groups excluding carboxylic acids is 1. The topological polar surface area (TPSA) is 80.7 Å². The van der Waals surface area contributed by atoms with Gasteiger partial charge < -0.3 is 9.63 Å². The Bertz CT molecular complexity index is 158. The van der Waals surface area contributed by atoms with Crippen LogP contribution in [0, 0.1) is 0 Å². The Kier molecular flexibility index (Phi) is 4.58. The average molecular weight is 158 g/mol. The SMILES string of the molecule is O=POC(=O)[B][B]C(=O)O. The van der Waals surface area contributed by atoms with Gasteiger partial charge in [0.1, 0.15) is 0 Å². The Morgan fingerprint density at radius 1 is 1.40 bits per heavy atom. The van der Waals surface area contributed by atoms with Crippen LogP contribution in [-0.2, 0) is 9.09 Å². The lowest BCUT2D eigenvalue weighted by atomic mass is 9.39. The lowest BCUT2D eigenvalue weighted by Crippen LogP contribution is -2.21. The molecule has 0 saturated carbocycles. The second-order valence-corrected chi connectivity index (χ2v) is 1.49. The first-order valence-electron chi connectivity index (χ1n) is 2.11. The van der Waals surface area contributed by atoms with Crippen LogP contribution in [0.4, 0.5) is 9.59 Å².